The van der Waals surface area contributed by atoms with Crippen LogP contribution in [0.2, 0.25) is 0 Å². The lowest BCUT2D eigenvalue weighted by Gasteiger charge is -2.14. The summed E-state index contributed by atoms with van der Waals surface area (Å²) in [6.45, 7) is 6.29. The minimum atomic E-state index is -0.429. The van der Waals surface area contributed by atoms with E-state index in [-0.39, 0.29) is 36.0 Å². The SMILES string of the molecule is Cc1ccc(-n2c(=O)n(CC(C)C)c(=O)c3c2ncn3Cc2ccccc2F)cc1. The summed E-state index contributed by atoms with van der Waals surface area (Å²) in [5.74, 6) is -0.254. The Bertz CT molecular complexity index is 1330. The van der Waals surface area contributed by atoms with E-state index < -0.39 is 11.2 Å². The molecule has 2 aromatic carbocycles. The summed E-state index contributed by atoms with van der Waals surface area (Å²) in [6, 6.07) is 13.9. The van der Waals surface area contributed by atoms with Gasteiger partial charge in [0, 0.05) is 12.1 Å². The van der Waals surface area contributed by atoms with Gasteiger partial charge >= 0.3 is 5.69 Å². The Kier molecular flexibility index (Phi) is 5.11. The summed E-state index contributed by atoms with van der Waals surface area (Å²) in [6.07, 6.45) is 1.49. The Morgan fingerprint density at radius 1 is 1.03 bits per heavy atom. The van der Waals surface area contributed by atoms with Gasteiger partial charge in [0.2, 0.25) is 0 Å². The molecule has 0 fully saturated rings. The third-order valence-corrected chi connectivity index (χ3v) is 5.04. The highest BCUT2D eigenvalue weighted by molar-refractivity contribution is 5.72. The van der Waals surface area contributed by atoms with Crippen molar-refractivity contribution < 1.29 is 4.39 Å². The van der Waals surface area contributed by atoms with Gasteiger partial charge in [-0.05, 0) is 31.0 Å². The third-order valence-electron chi connectivity index (χ3n) is 5.04. The summed E-state index contributed by atoms with van der Waals surface area (Å²) in [5, 5.41) is 0. The molecule has 0 saturated heterocycles. The Balaban J connectivity index is 2.00. The molecule has 2 aromatic heterocycles. The molecular formula is C23H23FN4O2. The van der Waals surface area contributed by atoms with Crippen molar-refractivity contribution in [2.24, 2.45) is 5.92 Å². The van der Waals surface area contributed by atoms with Gasteiger partial charge in [-0.1, -0.05) is 49.7 Å². The zero-order valence-electron chi connectivity index (χ0n) is 17.2. The fourth-order valence-electron chi connectivity index (χ4n) is 3.56. The first-order chi connectivity index (χ1) is 14.4. The lowest BCUT2D eigenvalue weighted by Crippen LogP contribution is -2.41. The summed E-state index contributed by atoms with van der Waals surface area (Å²) in [4.78, 5) is 30.9. The summed E-state index contributed by atoms with van der Waals surface area (Å²) in [5.41, 5.74) is 1.83. The molecule has 0 aliphatic heterocycles. The lowest BCUT2D eigenvalue weighted by atomic mass is 10.2. The fourth-order valence-corrected chi connectivity index (χ4v) is 3.56. The molecule has 0 atom stereocenters. The van der Waals surface area contributed by atoms with E-state index >= 15 is 0 Å². The van der Waals surface area contributed by atoms with Crippen molar-refractivity contribution in [1.29, 1.82) is 0 Å². The van der Waals surface area contributed by atoms with E-state index in [0.717, 1.165) is 5.56 Å². The molecule has 0 spiro atoms. The molecule has 0 saturated carbocycles. The molecule has 0 N–H and O–H groups in total. The van der Waals surface area contributed by atoms with Crippen LogP contribution in [0.15, 0.2) is 64.4 Å². The van der Waals surface area contributed by atoms with Crippen LogP contribution in [0.25, 0.3) is 16.9 Å². The van der Waals surface area contributed by atoms with E-state index in [9.17, 15) is 14.0 Å². The molecule has 7 heteroatoms. The maximum absolute atomic E-state index is 14.2. The number of hydrogen-bond acceptors (Lipinski definition) is 3. The predicted octanol–water partition coefficient (Wildman–Crippen LogP) is 3.50. The van der Waals surface area contributed by atoms with E-state index in [4.69, 9.17) is 0 Å². The number of benzene rings is 2. The molecule has 2 heterocycles. The van der Waals surface area contributed by atoms with Gasteiger partial charge in [0.05, 0.1) is 18.6 Å². The summed E-state index contributed by atoms with van der Waals surface area (Å²) < 4.78 is 18.5. The third kappa shape index (κ3) is 3.47. The highest BCUT2D eigenvalue weighted by atomic mass is 19.1. The van der Waals surface area contributed by atoms with E-state index in [1.54, 1.807) is 22.8 Å². The Morgan fingerprint density at radius 2 is 1.73 bits per heavy atom. The second-order valence-electron chi connectivity index (χ2n) is 7.90. The van der Waals surface area contributed by atoms with E-state index in [2.05, 4.69) is 4.98 Å². The van der Waals surface area contributed by atoms with Gasteiger partial charge in [0.25, 0.3) is 5.56 Å². The number of fused-ring (bicyclic) bond motifs is 1. The first-order valence-electron chi connectivity index (χ1n) is 9.88. The quantitative estimate of drug-likeness (QED) is 0.510. The first-order valence-corrected chi connectivity index (χ1v) is 9.88. The predicted molar refractivity (Wildman–Crippen MR) is 115 cm³/mol. The zero-order valence-corrected chi connectivity index (χ0v) is 17.2. The standard InChI is InChI=1S/C23H23FN4O2/c1-15(2)12-27-22(29)20-21(28(23(27)30)18-10-8-16(3)9-11-18)25-14-26(20)13-17-6-4-5-7-19(17)24/h4-11,14-15H,12-13H2,1-3H3. The highest BCUT2D eigenvalue weighted by Gasteiger charge is 2.20. The average molecular weight is 406 g/mol. The number of halogens is 1. The van der Waals surface area contributed by atoms with E-state index in [0.29, 0.717) is 11.3 Å². The van der Waals surface area contributed by atoms with Crippen molar-refractivity contribution in [3.05, 3.63) is 92.6 Å². The van der Waals surface area contributed by atoms with Crippen molar-refractivity contribution in [2.75, 3.05) is 0 Å². The van der Waals surface area contributed by atoms with Gasteiger partial charge in [0.1, 0.15) is 5.82 Å². The number of hydrogen-bond donors (Lipinski definition) is 0. The average Bonchev–Trinajstić information content (AvgIpc) is 3.12. The molecule has 4 aromatic rings. The molecule has 0 amide bonds. The normalized spacial score (nSPS) is 11.5. The smallest absolute Gasteiger partial charge is 0.320 e. The molecule has 0 aliphatic rings. The monoisotopic (exact) mass is 406 g/mol. The molecule has 0 radical (unpaired) electrons. The lowest BCUT2D eigenvalue weighted by molar-refractivity contribution is 0.489. The Hall–Kier alpha value is -3.48. The molecule has 154 valence electrons. The second-order valence-corrected chi connectivity index (χ2v) is 7.90. The highest BCUT2D eigenvalue weighted by Crippen LogP contribution is 2.16. The number of aryl methyl sites for hydroxylation is 1. The van der Waals surface area contributed by atoms with Gasteiger partial charge in [-0.15, -0.1) is 0 Å². The van der Waals surface area contributed by atoms with Crippen LogP contribution >= 0.6 is 0 Å². The number of nitrogens with zero attached hydrogens (tertiary/aromatic N) is 4. The molecule has 6 nitrogen and oxygen atoms in total. The van der Waals surface area contributed by atoms with Crippen LogP contribution in [-0.2, 0) is 13.1 Å². The fraction of sp³-hybridized carbons (Fsp3) is 0.261. The van der Waals surface area contributed by atoms with Crippen molar-refractivity contribution in [1.82, 2.24) is 18.7 Å². The second kappa shape index (κ2) is 7.74. The minimum Gasteiger partial charge on any atom is -0.320 e. The maximum atomic E-state index is 14.2. The van der Waals surface area contributed by atoms with Crippen LogP contribution in [-0.4, -0.2) is 18.7 Å². The molecule has 4 rings (SSSR count). The maximum Gasteiger partial charge on any atom is 0.337 e. The van der Waals surface area contributed by atoms with E-state index in [1.807, 2.05) is 45.0 Å². The van der Waals surface area contributed by atoms with Crippen LogP contribution in [0.3, 0.4) is 0 Å². The van der Waals surface area contributed by atoms with Crippen molar-refractivity contribution >= 4 is 11.2 Å². The van der Waals surface area contributed by atoms with Crippen LogP contribution in [0.5, 0.6) is 0 Å². The van der Waals surface area contributed by atoms with Crippen LogP contribution in [0.4, 0.5) is 4.39 Å². The van der Waals surface area contributed by atoms with E-state index in [1.165, 1.54) is 21.5 Å². The van der Waals surface area contributed by atoms with Crippen LogP contribution in [0, 0.1) is 18.7 Å². The van der Waals surface area contributed by atoms with Crippen molar-refractivity contribution in [3.63, 3.8) is 0 Å². The Morgan fingerprint density at radius 3 is 2.40 bits per heavy atom. The van der Waals surface area contributed by atoms with Crippen molar-refractivity contribution in [2.45, 2.75) is 33.9 Å². The molecule has 0 unspecified atom stereocenters. The minimum absolute atomic E-state index is 0.0993. The Labute approximate surface area is 172 Å². The summed E-state index contributed by atoms with van der Waals surface area (Å²) >= 11 is 0. The number of aromatic nitrogens is 4. The molecular weight excluding hydrogens is 383 g/mol. The van der Waals surface area contributed by atoms with Gasteiger partial charge in [-0.2, -0.15) is 0 Å². The molecule has 0 aliphatic carbocycles. The van der Waals surface area contributed by atoms with Gasteiger partial charge in [-0.25, -0.2) is 18.7 Å². The zero-order chi connectivity index (χ0) is 21.4. The number of rotatable bonds is 5. The van der Waals surface area contributed by atoms with Crippen LogP contribution < -0.4 is 11.2 Å². The van der Waals surface area contributed by atoms with Gasteiger partial charge in [-0.3, -0.25) is 9.36 Å². The topological polar surface area (TPSA) is 61.8 Å². The molecule has 0 bridgehead atoms. The largest absolute Gasteiger partial charge is 0.337 e. The van der Waals surface area contributed by atoms with Gasteiger partial charge < -0.3 is 4.57 Å². The molecule has 30 heavy (non-hydrogen) atoms. The van der Waals surface area contributed by atoms with Crippen LogP contribution in [0.1, 0.15) is 25.0 Å². The summed E-state index contributed by atoms with van der Waals surface area (Å²) in [7, 11) is 0. The first kappa shape index (κ1) is 19.8. The number of imidazole rings is 1. The van der Waals surface area contributed by atoms with Gasteiger partial charge in [0.15, 0.2) is 11.2 Å². The van der Waals surface area contributed by atoms with Crippen molar-refractivity contribution in [3.8, 4) is 5.69 Å².